The summed E-state index contributed by atoms with van der Waals surface area (Å²) in [4.78, 5) is 11.9. The monoisotopic (exact) mass is 267 g/mol. The van der Waals surface area contributed by atoms with Crippen LogP contribution in [0.4, 0.5) is 13.2 Å². The third kappa shape index (κ3) is 2.96. The molecule has 1 rings (SSSR count). The molecule has 6 heteroatoms. The summed E-state index contributed by atoms with van der Waals surface area (Å²) < 4.78 is 37.2. The Morgan fingerprint density at radius 2 is 1.78 bits per heavy atom. The van der Waals surface area contributed by atoms with E-state index in [1.165, 1.54) is 0 Å². The first-order valence-corrected chi connectivity index (χ1v) is 6.06. The predicted octanol–water partition coefficient (Wildman–Crippen LogP) is 2.24. The van der Waals surface area contributed by atoms with Gasteiger partial charge >= 0.3 is 6.18 Å². The molecule has 1 amide bonds. The minimum atomic E-state index is -4.75. The Labute approximate surface area is 105 Å². The summed E-state index contributed by atoms with van der Waals surface area (Å²) in [6.07, 6.45) is -1.84. The van der Waals surface area contributed by atoms with E-state index in [0.29, 0.717) is 6.92 Å². The summed E-state index contributed by atoms with van der Waals surface area (Å²) in [5.41, 5.74) is -3.57. The lowest BCUT2D eigenvalue weighted by atomic mass is 9.67. The third-order valence-corrected chi connectivity index (χ3v) is 3.91. The number of carbonyl (C=O) groups excluding carboxylic acids is 1. The molecule has 2 N–H and O–H groups in total. The van der Waals surface area contributed by atoms with Gasteiger partial charge in [-0.15, -0.1) is 0 Å². The van der Waals surface area contributed by atoms with Crippen molar-refractivity contribution in [3.8, 4) is 0 Å². The number of rotatable bonds is 4. The number of halogens is 3. The highest BCUT2D eigenvalue weighted by molar-refractivity contribution is 5.82. The fourth-order valence-corrected chi connectivity index (χ4v) is 1.90. The number of hydrogen-bond donors (Lipinski definition) is 2. The molecule has 0 aliphatic heterocycles. The van der Waals surface area contributed by atoms with E-state index in [1.54, 1.807) is 13.8 Å². The standard InChI is InChI=1S/C12H20F3NO2/c1-10(2,8-5-4-6-8)9(17)16-7-11(3,18)12(13,14)15/h8,18H,4-7H2,1-3H3,(H,16,17). The van der Waals surface area contributed by atoms with Crippen LogP contribution in [0.25, 0.3) is 0 Å². The van der Waals surface area contributed by atoms with Crippen molar-refractivity contribution in [1.82, 2.24) is 5.32 Å². The van der Waals surface area contributed by atoms with Gasteiger partial charge in [-0.3, -0.25) is 4.79 Å². The average Bonchev–Trinajstić information content (AvgIpc) is 2.08. The molecule has 0 saturated heterocycles. The SMILES string of the molecule is CC(C)(C(=O)NCC(C)(O)C(F)(F)F)C1CCC1. The van der Waals surface area contributed by atoms with Crippen LogP contribution in [0, 0.1) is 11.3 Å². The summed E-state index contributed by atoms with van der Waals surface area (Å²) >= 11 is 0. The van der Waals surface area contributed by atoms with Crippen molar-refractivity contribution in [2.45, 2.75) is 51.8 Å². The zero-order valence-corrected chi connectivity index (χ0v) is 10.9. The molecule has 1 fully saturated rings. The molecule has 0 spiro atoms. The van der Waals surface area contributed by atoms with Gasteiger partial charge in [-0.1, -0.05) is 20.3 Å². The molecule has 0 bridgehead atoms. The molecule has 0 aromatic heterocycles. The molecule has 1 atom stereocenters. The molecule has 3 nitrogen and oxygen atoms in total. The Kier molecular flexibility index (Phi) is 4.00. The molecule has 106 valence electrons. The number of hydrogen-bond acceptors (Lipinski definition) is 2. The topological polar surface area (TPSA) is 49.3 Å². The summed E-state index contributed by atoms with van der Waals surface area (Å²) in [7, 11) is 0. The van der Waals surface area contributed by atoms with Gasteiger partial charge in [0.05, 0.1) is 6.54 Å². The van der Waals surface area contributed by atoms with Gasteiger partial charge < -0.3 is 10.4 Å². The molecule has 1 aliphatic rings. The summed E-state index contributed by atoms with van der Waals surface area (Å²) in [6, 6.07) is 0. The fourth-order valence-electron chi connectivity index (χ4n) is 1.90. The number of aliphatic hydroxyl groups is 1. The maximum absolute atomic E-state index is 12.4. The molecule has 18 heavy (non-hydrogen) atoms. The third-order valence-electron chi connectivity index (χ3n) is 3.91. The van der Waals surface area contributed by atoms with Crippen LogP contribution in [0.2, 0.25) is 0 Å². The van der Waals surface area contributed by atoms with Gasteiger partial charge in [-0.2, -0.15) is 13.2 Å². The van der Waals surface area contributed by atoms with Gasteiger partial charge in [0.1, 0.15) is 0 Å². The Morgan fingerprint density at radius 3 is 2.11 bits per heavy atom. The van der Waals surface area contributed by atoms with Crippen LogP contribution < -0.4 is 5.32 Å². The second kappa shape index (κ2) is 4.72. The Bertz CT molecular complexity index is 320. The second-order valence-corrected chi connectivity index (χ2v) is 5.80. The molecule has 0 aromatic rings. The minimum Gasteiger partial charge on any atom is -0.379 e. The van der Waals surface area contributed by atoms with E-state index in [4.69, 9.17) is 0 Å². The first kappa shape index (κ1) is 15.3. The maximum Gasteiger partial charge on any atom is 0.418 e. The van der Waals surface area contributed by atoms with Crippen molar-refractivity contribution in [2.24, 2.45) is 11.3 Å². The van der Waals surface area contributed by atoms with Gasteiger partial charge in [0.2, 0.25) is 5.91 Å². The van der Waals surface area contributed by atoms with Crippen LogP contribution in [0.5, 0.6) is 0 Å². The molecule has 1 aliphatic carbocycles. The van der Waals surface area contributed by atoms with Crippen molar-refractivity contribution >= 4 is 5.91 Å². The van der Waals surface area contributed by atoms with Crippen LogP contribution in [0.15, 0.2) is 0 Å². The smallest absolute Gasteiger partial charge is 0.379 e. The fraction of sp³-hybridized carbons (Fsp3) is 0.917. The van der Waals surface area contributed by atoms with E-state index in [9.17, 15) is 23.1 Å². The van der Waals surface area contributed by atoms with E-state index in [0.717, 1.165) is 19.3 Å². The van der Waals surface area contributed by atoms with E-state index in [-0.39, 0.29) is 5.92 Å². The molecule has 1 saturated carbocycles. The highest BCUT2D eigenvalue weighted by Gasteiger charge is 2.50. The normalized spacial score (nSPS) is 21.1. The molecule has 1 unspecified atom stereocenters. The highest BCUT2D eigenvalue weighted by Crippen LogP contribution is 2.41. The van der Waals surface area contributed by atoms with E-state index < -0.39 is 29.6 Å². The molecule has 0 heterocycles. The number of alkyl halides is 3. The highest BCUT2D eigenvalue weighted by atomic mass is 19.4. The Morgan fingerprint density at radius 1 is 1.28 bits per heavy atom. The largest absolute Gasteiger partial charge is 0.418 e. The zero-order chi connectivity index (χ0) is 14.2. The molecular formula is C12H20F3NO2. The lowest BCUT2D eigenvalue weighted by Crippen LogP contribution is -2.54. The first-order chi connectivity index (χ1) is 7.98. The lowest BCUT2D eigenvalue weighted by Gasteiger charge is -2.39. The predicted molar refractivity (Wildman–Crippen MR) is 60.8 cm³/mol. The Hall–Kier alpha value is -0.780. The van der Waals surface area contributed by atoms with Crippen molar-refractivity contribution in [1.29, 1.82) is 0 Å². The van der Waals surface area contributed by atoms with Gasteiger partial charge in [0.25, 0.3) is 0 Å². The summed E-state index contributed by atoms with van der Waals surface area (Å²) in [6.45, 7) is 3.30. The Balaban J connectivity index is 2.55. The van der Waals surface area contributed by atoms with Crippen molar-refractivity contribution in [2.75, 3.05) is 6.54 Å². The van der Waals surface area contributed by atoms with E-state index in [2.05, 4.69) is 5.32 Å². The average molecular weight is 267 g/mol. The van der Waals surface area contributed by atoms with Gasteiger partial charge in [-0.05, 0) is 25.7 Å². The van der Waals surface area contributed by atoms with E-state index >= 15 is 0 Å². The first-order valence-electron chi connectivity index (χ1n) is 6.06. The minimum absolute atomic E-state index is 0.216. The lowest BCUT2D eigenvalue weighted by molar-refractivity contribution is -0.250. The summed E-state index contributed by atoms with van der Waals surface area (Å²) in [5.74, 6) is -0.218. The zero-order valence-electron chi connectivity index (χ0n) is 10.9. The van der Waals surface area contributed by atoms with Gasteiger partial charge in [-0.25, -0.2) is 0 Å². The molecule has 0 aromatic carbocycles. The van der Waals surface area contributed by atoms with Crippen molar-refractivity contribution < 1.29 is 23.1 Å². The number of amides is 1. The quantitative estimate of drug-likeness (QED) is 0.820. The maximum atomic E-state index is 12.4. The number of nitrogens with one attached hydrogen (secondary N) is 1. The summed E-state index contributed by atoms with van der Waals surface area (Å²) in [5, 5.41) is 11.4. The molecule has 0 radical (unpaired) electrons. The van der Waals surface area contributed by atoms with Crippen molar-refractivity contribution in [3.63, 3.8) is 0 Å². The number of carbonyl (C=O) groups is 1. The van der Waals surface area contributed by atoms with Crippen LogP contribution in [0.3, 0.4) is 0 Å². The van der Waals surface area contributed by atoms with Crippen LogP contribution >= 0.6 is 0 Å². The van der Waals surface area contributed by atoms with E-state index in [1.807, 2.05) is 0 Å². The van der Waals surface area contributed by atoms with Crippen LogP contribution in [0.1, 0.15) is 40.0 Å². The van der Waals surface area contributed by atoms with Crippen LogP contribution in [-0.2, 0) is 4.79 Å². The van der Waals surface area contributed by atoms with Crippen LogP contribution in [-0.4, -0.2) is 29.3 Å². The second-order valence-electron chi connectivity index (χ2n) is 5.80. The van der Waals surface area contributed by atoms with Gasteiger partial charge in [0.15, 0.2) is 5.60 Å². The van der Waals surface area contributed by atoms with Gasteiger partial charge in [0, 0.05) is 5.41 Å². The van der Waals surface area contributed by atoms with Crippen molar-refractivity contribution in [3.05, 3.63) is 0 Å². The molecular weight excluding hydrogens is 247 g/mol.